The Morgan fingerprint density at radius 3 is 2.61 bits per heavy atom. The molecule has 1 aliphatic rings. The Bertz CT molecular complexity index is 1380. The van der Waals surface area contributed by atoms with Gasteiger partial charge in [-0.15, -0.1) is 10.2 Å². The van der Waals surface area contributed by atoms with E-state index in [0.29, 0.717) is 22.9 Å². The summed E-state index contributed by atoms with van der Waals surface area (Å²) in [5.41, 5.74) is 0.527. The monoisotopic (exact) mass is 437 g/mol. The van der Waals surface area contributed by atoms with Gasteiger partial charge in [-0.2, -0.15) is 0 Å². The number of fused-ring (bicyclic) bond motifs is 2. The number of rotatable bonds is 4. The Kier molecular flexibility index (Phi) is 4.55. The van der Waals surface area contributed by atoms with Crippen molar-refractivity contribution in [3.63, 3.8) is 0 Å². The summed E-state index contributed by atoms with van der Waals surface area (Å²) in [7, 11) is 1.55. The summed E-state index contributed by atoms with van der Waals surface area (Å²) in [6, 6.07) is 9.92. The van der Waals surface area contributed by atoms with Crippen molar-refractivity contribution in [1.82, 2.24) is 10.2 Å². The first kappa shape index (κ1) is 19.4. The summed E-state index contributed by atoms with van der Waals surface area (Å²) in [5, 5.41) is 9.50. The van der Waals surface area contributed by atoms with Gasteiger partial charge in [0.2, 0.25) is 10.9 Å². The van der Waals surface area contributed by atoms with Crippen LogP contribution in [0.1, 0.15) is 39.7 Å². The van der Waals surface area contributed by atoms with Crippen LogP contribution in [0.3, 0.4) is 0 Å². The number of benzene rings is 2. The number of aryl methyl sites for hydroxylation is 1. The lowest BCUT2D eigenvalue weighted by Crippen LogP contribution is -2.29. The van der Waals surface area contributed by atoms with Gasteiger partial charge < -0.3 is 9.15 Å². The third kappa shape index (κ3) is 3.00. The lowest BCUT2D eigenvalue weighted by molar-refractivity contribution is 0.0970. The van der Waals surface area contributed by atoms with Crippen LogP contribution in [0.25, 0.3) is 11.0 Å². The highest BCUT2D eigenvalue weighted by Gasteiger charge is 2.45. The summed E-state index contributed by atoms with van der Waals surface area (Å²) >= 11 is 1.28. The molecule has 1 aliphatic heterocycles. The molecule has 9 heteroatoms. The lowest BCUT2D eigenvalue weighted by Gasteiger charge is -2.22. The van der Waals surface area contributed by atoms with E-state index in [4.69, 9.17) is 9.15 Å². The highest BCUT2D eigenvalue weighted by Crippen LogP contribution is 2.42. The zero-order valence-corrected chi connectivity index (χ0v) is 17.4. The first-order valence-electron chi connectivity index (χ1n) is 9.58. The highest BCUT2D eigenvalue weighted by atomic mass is 32.1. The summed E-state index contributed by atoms with van der Waals surface area (Å²) < 4.78 is 24.9. The quantitative estimate of drug-likeness (QED) is 0.478. The molecule has 0 bridgehead atoms. The minimum Gasteiger partial charge on any atom is -0.497 e. The van der Waals surface area contributed by atoms with E-state index in [1.165, 1.54) is 28.4 Å². The molecule has 0 N–H and O–H groups in total. The average Bonchev–Trinajstić information content (AvgIpc) is 3.37. The van der Waals surface area contributed by atoms with Crippen LogP contribution in [0.2, 0.25) is 0 Å². The third-order valence-corrected chi connectivity index (χ3v) is 6.30. The second kappa shape index (κ2) is 7.28. The molecule has 2 aromatic carbocycles. The molecule has 31 heavy (non-hydrogen) atoms. The Morgan fingerprint density at radius 2 is 1.94 bits per heavy atom. The first-order valence-corrected chi connectivity index (χ1v) is 10.4. The predicted octanol–water partition coefficient (Wildman–Crippen LogP) is 4.10. The van der Waals surface area contributed by atoms with Crippen LogP contribution in [0.15, 0.2) is 51.7 Å². The maximum Gasteiger partial charge on any atom is 0.297 e. The number of aromatic nitrogens is 2. The summed E-state index contributed by atoms with van der Waals surface area (Å²) in [4.78, 5) is 28.2. The molecule has 3 heterocycles. The number of amides is 1. The molecule has 5 rings (SSSR count). The number of halogens is 1. The van der Waals surface area contributed by atoms with E-state index in [9.17, 15) is 14.0 Å². The van der Waals surface area contributed by atoms with Gasteiger partial charge in [0.05, 0.1) is 24.1 Å². The first-order chi connectivity index (χ1) is 15.0. The molecule has 1 amide bonds. The Morgan fingerprint density at radius 1 is 1.16 bits per heavy atom. The Hall–Kier alpha value is -3.59. The van der Waals surface area contributed by atoms with Crippen molar-refractivity contribution in [2.24, 2.45) is 0 Å². The fourth-order valence-corrected chi connectivity index (χ4v) is 4.53. The number of carbonyl (C=O) groups is 1. The molecule has 1 unspecified atom stereocenters. The zero-order valence-electron chi connectivity index (χ0n) is 16.6. The third-order valence-electron chi connectivity index (χ3n) is 5.23. The molecule has 0 aliphatic carbocycles. The number of carbonyl (C=O) groups excluding carboxylic acids is 1. The van der Waals surface area contributed by atoms with E-state index in [-0.39, 0.29) is 22.3 Å². The molecule has 0 saturated carbocycles. The predicted molar refractivity (Wildman–Crippen MR) is 113 cm³/mol. The van der Waals surface area contributed by atoms with Gasteiger partial charge in [-0.1, -0.05) is 30.4 Å². The van der Waals surface area contributed by atoms with Gasteiger partial charge in [0.15, 0.2) is 5.43 Å². The van der Waals surface area contributed by atoms with Crippen LogP contribution in [0.4, 0.5) is 9.52 Å². The van der Waals surface area contributed by atoms with Gasteiger partial charge in [0.25, 0.3) is 5.91 Å². The summed E-state index contributed by atoms with van der Waals surface area (Å²) in [5.74, 6) is -0.480. The molecule has 0 radical (unpaired) electrons. The second-order valence-corrected chi connectivity index (χ2v) is 8.04. The number of methoxy groups -OCH3 is 1. The van der Waals surface area contributed by atoms with Crippen LogP contribution in [0, 0.1) is 5.82 Å². The van der Waals surface area contributed by atoms with Crippen LogP contribution in [-0.4, -0.2) is 23.2 Å². The standard InChI is InChI=1S/C22H16FN3O4S/c1-3-16-24-25-22(31-16)26-18(11-4-7-13(29-2)8-5-11)17-19(27)14-10-12(23)6-9-15(14)30-20(17)21(26)28/h4-10,18H,3H2,1-2H3. The molecule has 7 nitrogen and oxygen atoms in total. The van der Waals surface area contributed by atoms with Gasteiger partial charge in [-0.3, -0.25) is 14.5 Å². The molecule has 2 aromatic heterocycles. The van der Waals surface area contributed by atoms with E-state index >= 15 is 0 Å². The average molecular weight is 437 g/mol. The minimum absolute atomic E-state index is 0.0711. The maximum atomic E-state index is 13.8. The fraction of sp³-hybridized carbons (Fsp3) is 0.182. The van der Waals surface area contributed by atoms with Crippen molar-refractivity contribution in [2.45, 2.75) is 19.4 Å². The highest BCUT2D eigenvalue weighted by molar-refractivity contribution is 7.15. The zero-order chi connectivity index (χ0) is 21.7. The smallest absolute Gasteiger partial charge is 0.297 e. The molecule has 0 saturated heterocycles. The van der Waals surface area contributed by atoms with Crippen LogP contribution < -0.4 is 15.1 Å². The maximum absolute atomic E-state index is 13.8. The molecular weight excluding hydrogens is 421 g/mol. The molecule has 156 valence electrons. The van der Waals surface area contributed by atoms with E-state index in [2.05, 4.69) is 10.2 Å². The molecular formula is C22H16FN3O4S. The molecule has 4 aromatic rings. The van der Waals surface area contributed by atoms with Gasteiger partial charge in [-0.05, 0) is 42.3 Å². The normalized spacial score (nSPS) is 15.5. The number of nitrogens with zero attached hydrogens (tertiary/aromatic N) is 3. The van der Waals surface area contributed by atoms with E-state index in [1.54, 1.807) is 31.4 Å². The minimum atomic E-state index is -0.782. The van der Waals surface area contributed by atoms with Gasteiger partial charge >= 0.3 is 0 Å². The largest absolute Gasteiger partial charge is 0.497 e. The summed E-state index contributed by atoms with van der Waals surface area (Å²) in [6.07, 6.45) is 0.667. The van der Waals surface area contributed by atoms with Crippen molar-refractivity contribution >= 4 is 33.3 Å². The topological polar surface area (TPSA) is 85.5 Å². The van der Waals surface area contributed by atoms with Gasteiger partial charge in [-0.25, -0.2) is 4.39 Å². The molecule has 0 fully saturated rings. The Balaban J connectivity index is 1.78. The van der Waals surface area contributed by atoms with E-state index < -0.39 is 23.2 Å². The molecule has 1 atom stereocenters. The van der Waals surface area contributed by atoms with Gasteiger partial charge in [0, 0.05) is 0 Å². The fourth-order valence-electron chi connectivity index (χ4n) is 3.73. The van der Waals surface area contributed by atoms with Crippen molar-refractivity contribution in [3.8, 4) is 5.75 Å². The number of hydrogen-bond acceptors (Lipinski definition) is 7. The van der Waals surface area contributed by atoms with Crippen molar-refractivity contribution in [2.75, 3.05) is 12.0 Å². The van der Waals surface area contributed by atoms with Crippen molar-refractivity contribution in [1.29, 1.82) is 0 Å². The number of ether oxygens (including phenoxy) is 1. The molecule has 0 spiro atoms. The Labute approximate surface area is 179 Å². The van der Waals surface area contributed by atoms with Gasteiger partial charge in [0.1, 0.15) is 22.2 Å². The SMILES string of the molecule is CCc1nnc(N2C(=O)c3oc4ccc(F)cc4c(=O)c3C2c2ccc(OC)cc2)s1. The van der Waals surface area contributed by atoms with Crippen molar-refractivity contribution < 1.29 is 18.3 Å². The number of anilines is 1. The van der Waals surface area contributed by atoms with Crippen LogP contribution in [0.5, 0.6) is 5.75 Å². The lowest BCUT2D eigenvalue weighted by atomic mass is 9.98. The van der Waals surface area contributed by atoms with E-state index in [1.807, 2.05) is 6.92 Å². The van der Waals surface area contributed by atoms with Crippen LogP contribution >= 0.6 is 11.3 Å². The van der Waals surface area contributed by atoms with E-state index in [0.717, 1.165) is 11.1 Å². The second-order valence-electron chi connectivity index (χ2n) is 7.00. The summed E-state index contributed by atoms with van der Waals surface area (Å²) in [6.45, 7) is 1.94. The van der Waals surface area contributed by atoms with Crippen LogP contribution in [-0.2, 0) is 6.42 Å². The number of hydrogen-bond donors (Lipinski definition) is 0. The van der Waals surface area contributed by atoms with Crippen molar-refractivity contribution in [3.05, 3.63) is 80.4 Å².